The van der Waals surface area contributed by atoms with Crippen molar-refractivity contribution in [2.75, 3.05) is 5.88 Å². The Hall–Kier alpha value is -1.02. The molecule has 0 spiro atoms. The number of amides is 1. The number of carbonyl (C=O) groups is 1. The first-order chi connectivity index (χ1) is 8.04. The van der Waals surface area contributed by atoms with Crippen LogP contribution in [0.5, 0.6) is 0 Å². The van der Waals surface area contributed by atoms with Gasteiger partial charge in [-0.25, -0.2) is 0 Å². The van der Waals surface area contributed by atoms with E-state index in [4.69, 9.17) is 11.6 Å². The van der Waals surface area contributed by atoms with Crippen LogP contribution in [0.15, 0.2) is 18.2 Å². The Labute approximate surface area is 107 Å². The number of carbonyl (C=O) groups excluding carboxylic acids is 1. The largest absolute Gasteiger partial charge is 0.349 e. The maximum absolute atomic E-state index is 11.9. The molecule has 3 heteroatoms. The van der Waals surface area contributed by atoms with Crippen molar-refractivity contribution < 1.29 is 4.79 Å². The zero-order valence-electron chi connectivity index (χ0n) is 10.3. The fourth-order valence-corrected chi connectivity index (χ4v) is 2.28. The lowest BCUT2D eigenvalue weighted by Crippen LogP contribution is -2.39. The number of benzene rings is 1. The van der Waals surface area contributed by atoms with E-state index in [1.165, 1.54) is 11.1 Å². The second-order valence-electron chi connectivity index (χ2n) is 5.07. The van der Waals surface area contributed by atoms with E-state index >= 15 is 0 Å². The molecule has 0 heterocycles. The van der Waals surface area contributed by atoms with E-state index in [0.29, 0.717) is 12.3 Å². The maximum atomic E-state index is 11.9. The lowest BCUT2D eigenvalue weighted by Gasteiger charge is -2.14. The standard InChI is InChI=1S/C14H18ClNO/c1-10-3-4-11(2)12(7-10)8-13(17)16-14(9-15)5-6-14/h3-4,7H,5-6,8-9H2,1-2H3,(H,16,17). The molecule has 1 aliphatic carbocycles. The first-order valence-electron chi connectivity index (χ1n) is 5.98. The molecule has 92 valence electrons. The first kappa shape index (κ1) is 12.4. The van der Waals surface area contributed by atoms with Crippen LogP contribution in [0.3, 0.4) is 0 Å². The summed E-state index contributed by atoms with van der Waals surface area (Å²) in [6, 6.07) is 6.21. The lowest BCUT2D eigenvalue weighted by molar-refractivity contribution is -0.121. The molecule has 1 saturated carbocycles. The summed E-state index contributed by atoms with van der Waals surface area (Å²) in [4.78, 5) is 11.9. The van der Waals surface area contributed by atoms with Crippen LogP contribution in [0, 0.1) is 13.8 Å². The monoisotopic (exact) mass is 251 g/mol. The van der Waals surface area contributed by atoms with Gasteiger partial charge in [-0.3, -0.25) is 4.79 Å². The van der Waals surface area contributed by atoms with E-state index in [1.54, 1.807) is 0 Å². The summed E-state index contributed by atoms with van der Waals surface area (Å²) in [5.74, 6) is 0.600. The molecule has 0 unspecified atom stereocenters. The number of rotatable bonds is 4. The normalized spacial score (nSPS) is 16.6. The van der Waals surface area contributed by atoms with Gasteiger partial charge < -0.3 is 5.32 Å². The van der Waals surface area contributed by atoms with E-state index in [9.17, 15) is 4.79 Å². The van der Waals surface area contributed by atoms with E-state index in [-0.39, 0.29) is 11.4 Å². The Morgan fingerprint density at radius 3 is 2.71 bits per heavy atom. The van der Waals surface area contributed by atoms with Gasteiger partial charge >= 0.3 is 0 Å². The van der Waals surface area contributed by atoms with Crippen LogP contribution < -0.4 is 5.32 Å². The number of aryl methyl sites for hydroxylation is 2. The molecule has 0 saturated heterocycles. The van der Waals surface area contributed by atoms with Gasteiger partial charge in [-0.2, -0.15) is 0 Å². The molecule has 0 aromatic heterocycles. The Morgan fingerprint density at radius 1 is 1.41 bits per heavy atom. The van der Waals surface area contributed by atoms with Crippen molar-refractivity contribution in [3.05, 3.63) is 34.9 Å². The molecule has 1 amide bonds. The second kappa shape index (κ2) is 4.69. The third kappa shape index (κ3) is 3.01. The molecule has 0 aliphatic heterocycles. The Balaban J connectivity index is 2.00. The molecule has 1 aliphatic rings. The van der Waals surface area contributed by atoms with Crippen molar-refractivity contribution in [2.24, 2.45) is 0 Å². The van der Waals surface area contributed by atoms with Gasteiger partial charge in [0.1, 0.15) is 0 Å². The minimum atomic E-state index is -0.101. The molecule has 0 radical (unpaired) electrons. The van der Waals surface area contributed by atoms with E-state index in [1.807, 2.05) is 13.8 Å². The van der Waals surface area contributed by atoms with E-state index in [0.717, 1.165) is 18.4 Å². The van der Waals surface area contributed by atoms with Crippen molar-refractivity contribution in [2.45, 2.75) is 38.6 Å². The third-order valence-corrected chi connectivity index (χ3v) is 3.88. The van der Waals surface area contributed by atoms with Crippen LogP contribution >= 0.6 is 11.6 Å². The van der Waals surface area contributed by atoms with E-state index < -0.39 is 0 Å². The van der Waals surface area contributed by atoms with Crippen LogP contribution in [0.1, 0.15) is 29.5 Å². The van der Waals surface area contributed by atoms with Crippen molar-refractivity contribution in [1.29, 1.82) is 0 Å². The first-order valence-corrected chi connectivity index (χ1v) is 6.51. The predicted molar refractivity (Wildman–Crippen MR) is 70.4 cm³/mol. The van der Waals surface area contributed by atoms with Gasteiger partial charge in [0.05, 0.1) is 12.0 Å². The molecule has 2 rings (SSSR count). The molecule has 2 nitrogen and oxygen atoms in total. The fourth-order valence-electron chi connectivity index (χ4n) is 1.95. The summed E-state index contributed by atoms with van der Waals surface area (Å²) < 4.78 is 0. The molecule has 1 N–H and O–H groups in total. The quantitative estimate of drug-likeness (QED) is 0.820. The van der Waals surface area contributed by atoms with Crippen LogP contribution in [0.4, 0.5) is 0 Å². The van der Waals surface area contributed by atoms with Gasteiger partial charge in [0.25, 0.3) is 0 Å². The smallest absolute Gasteiger partial charge is 0.224 e. The van der Waals surface area contributed by atoms with Crippen LogP contribution in [0.25, 0.3) is 0 Å². The SMILES string of the molecule is Cc1ccc(C)c(CC(=O)NC2(CCl)CC2)c1. The average Bonchev–Trinajstić information content (AvgIpc) is 3.04. The number of nitrogens with one attached hydrogen (secondary N) is 1. The van der Waals surface area contributed by atoms with Gasteiger partial charge in [0, 0.05) is 5.88 Å². The molecule has 0 bridgehead atoms. The van der Waals surface area contributed by atoms with Gasteiger partial charge in [0.15, 0.2) is 0 Å². The summed E-state index contributed by atoms with van der Waals surface area (Å²) >= 11 is 5.84. The van der Waals surface area contributed by atoms with Crippen LogP contribution in [-0.4, -0.2) is 17.3 Å². The molecule has 1 fully saturated rings. The van der Waals surface area contributed by atoms with Crippen molar-refractivity contribution in [3.63, 3.8) is 0 Å². The zero-order chi connectivity index (χ0) is 12.5. The highest BCUT2D eigenvalue weighted by molar-refractivity contribution is 6.19. The van der Waals surface area contributed by atoms with Crippen molar-refractivity contribution >= 4 is 17.5 Å². The number of hydrogen-bond acceptors (Lipinski definition) is 1. The molecule has 1 aromatic rings. The summed E-state index contributed by atoms with van der Waals surface area (Å²) in [6.07, 6.45) is 2.47. The molecular formula is C14H18ClNO. The van der Waals surface area contributed by atoms with Crippen LogP contribution in [0.2, 0.25) is 0 Å². The minimum Gasteiger partial charge on any atom is -0.349 e. The zero-order valence-corrected chi connectivity index (χ0v) is 11.1. The lowest BCUT2D eigenvalue weighted by atomic mass is 10.0. The van der Waals surface area contributed by atoms with Gasteiger partial charge in [-0.05, 0) is 37.8 Å². The number of alkyl halides is 1. The topological polar surface area (TPSA) is 29.1 Å². The highest BCUT2D eigenvalue weighted by atomic mass is 35.5. The molecule has 17 heavy (non-hydrogen) atoms. The number of hydrogen-bond donors (Lipinski definition) is 1. The average molecular weight is 252 g/mol. The summed E-state index contributed by atoms with van der Waals surface area (Å²) in [6.45, 7) is 4.08. The summed E-state index contributed by atoms with van der Waals surface area (Å²) in [5, 5.41) is 3.04. The molecule has 0 atom stereocenters. The van der Waals surface area contributed by atoms with Crippen molar-refractivity contribution in [3.8, 4) is 0 Å². The molecule has 1 aromatic carbocycles. The highest BCUT2D eigenvalue weighted by Crippen LogP contribution is 2.36. The van der Waals surface area contributed by atoms with E-state index in [2.05, 4.69) is 23.5 Å². The van der Waals surface area contributed by atoms with Crippen molar-refractivity contribution in [1.82, 2.24) is 5.32 Å². The Kier molecular flexibility index (Phi) is 3.43. The Bertz CT molecular complexity index is 438. The van der Waals surface area contributed by atoms with Gasteiger partial charge in [-0.1, -0.05) is 23.8 Å². The predicted octanol–water partition coefficient (Wildman–Crippen LogP) is 2.73. The third-order valence-electron chi connectivity index (χ3n) is 3.37. The van der Waals surface area contributed by atoms with Gasteiger partial charge in [-0.15, -0.1) is 11.6 Å². The molecular weight excluding hydrogens is 234 g/mol. The summed E-state index contributed by atoms with van der Waals surface area (Å²) in [5.41, 5.74) is 3.36. The minimum absolute atomic E-state index is 0.0804. The van der Waals surface area contributed by atoms with Crippen LogP contribution in [-0.2, 0) is 11.2 Å². The Morgan fingerprint density at radius 2 is 2.12 bits per heavy atom. The highest BCUT2D eigenvalue weighted by Gasteiger charge is 2.42. The summed E-state index contributed by atoms with van der Waals surface area (Å²) in [7, 11) is 0. The maximum Gasteiger partial charge on any atom is 0.224 e. The number of halogens is 1. The van der Waals surface area contributed by atoms with Gasteiger partial charge in [0.2, 0.25) is 5.91 Å². The second-order valence-corrected chi connectivity index (χ2v) is 5.34. The fraction of sp³-hybridized carbons (Fsp3) is 0.500.